The van der Waals surface area contributed by atoms with Crippen molar-refractivity contribution in [3.8, 4) is 11.5 Å². The molecule has 0 amide bonds. The third-order valence-corrected chi connectivity index (χ3v) is 7.51. The molecule has 0 spiro atoms. The molecule has 1 saturated heterocycles. The summed E-state index contributed by atoms with van der Waals surface area (Å²) >= 11 is 0. The Morgan fingerprint density at radius 1 is 1.12 bits per heavy atom. The van der Waals surface area contributed by atoms with Crippen LogP contribution >= 0.6 is 0 Å². The quantitative estimate of drug-likeness (QED) is 0.465. The van der Waals surface area contributed by atoms with Crippen molar-refractivity contribution < 1.29 is 33.3 Å². The van der Waals surface area contributed by atoms with E-state index in [1.807, 2.05) is 26.8 Å². The molecular weight excluding hydrogens is 424 g/mol. The van der Waals surface area contributed by atoms with Crippen LogP contribution in [0.15, 0.2) is 6.07 Å². The summed E-state index contributed by atoms with van der Waals surface area (Å²) in [6.45, 7) is 13.2. The number of fused-ring (bicyclic) bond motifs is 1. The molecule has 1 saturated carbocycles. The lowest BCUT2D eigenvalue weighted by Gasteiger charge is -2.52. The zero-order valence-electron chi connectivity index (χ0n) is 20.6. The van der Waals surface area contributed by atoms with Crippen molar-refractivity contribution in [1.29, 1.82) is 0 Å². The Balaban J connectivity index is 2.14. The number of hydrogen-bond acceptors (Lipinski definition) is 7. The molecule has 1 aliphatic heterocycles. The first-order valence-corrected chi connectivity index (χ1v) is 11.9. The van der Waals surface area contributed by atoms with Crippen molar-refractivity contribution >= 4 is 17.9 Å². The summed E-state index contributed by atoms with van der Waals surface area (Å²) in [5.41, 5.74) is 0.922. The second kappa shape index (κ2) is 8.12. The van der Waals surface area contributed by atoms with Crippen molar-refractivity contribution in [3.63, 3.8) is 0 Å². The van der Waals surface area contributed by atoms with Crippen LogP contribution in [0.3, 0.4) is 0 Å². The van der Waals surface area contributed by atoms with Crippen LogP contribution in [-0.2, 0) is 29.3 Å². The number of hydrogen-bond donors (Lipinski definition) is 0. The maximum Gasteiger partial charge on any atom is 0.317 e. The van der Waals surface area contributed by atoms with Crippen molar-refractivity contribution in [3.05, 3.63) is 22.8 Å². The van der Waals surface area contributed by atoms with Crippen molar-refractivity contribution in [2.45, 2.75) is 91.3 Å². The summed E-state index contributed by atoms with van der Waals surface area (Å²) in [5.74, 6) is -1.20. The minimum atomic E-state index is -0.982. The predicted molar refractivity (Wildman–Crippen MR) is 120 cm³/mol. The third kappa shape index (κ3) is 3.47. The van der Waals surface area contributed by atoms with Gasteiger partial charge in [0.25, 0.3) is 0 Å². The number of benzene rings is 1. The predicted octanol–water partition coefficient (Wildman–Crippen LogP) is 4.74. The fourth-order valence-electron chi connectivity index (χ4n) is 6.50. The lowest BCUT2D eigenvalue weighted by atomic mass is 9.49. The molecule has 1 aromatic rings. The van der Waals surface area contributed by atoms with Crippen LogP contribution < -0.4 is 9.47 Å². The molecule has 0 N–H and O–H groups in total. The molecule has 3 aliphatic rings. The van der Waals surface area contributed by atoms with Crippen LogP contribution in [0, 0.1) is 11.3 Å². The highest BCUT2D eigenvalue weighted by Gasteiger charge is 2.70. The molecule has 1 aromatic carbocycles. The molecule has 180 valence electrons. The van der Waals surface area contributed by atoms with Gasteiger partial charge in [0.15, 0.2) is 11.5 Å². The van der Waals surface area contributed by atoms with Gasteiger partial charge in [-0.1, -0.05) is 34.1 Å². The second-order valence-corrected chi connectivity index (χ2v) is 10.5. The van der Waals surface area contributed by atoms with E-state index < -0.39 is 29.6 Å². The monoisotopic (exact) mass is 458 g/mol. The van der Waals surface area contributed by atoms with Crippen molar-refractivity contribution in [2.24, 2.45) is 11.3 Å². The van der Waals surface area contributed by atoms with E-state index >= 15 is 0 Å². The minimum Gasteiger partial charge on any atom is -0.458 e. The van der Waals surface area contributed by atoms with Gasteiger partial charge in [0.2, 0.25) is 0 Å². The van der Waals surface area contributed by atoms with E-state index in [0.29, 0.717) is 18.6 Å². The number of esters is 3. The topological polar surface area (TPSA) is 88.1 Å². The lowest BCUT2D eigenvalue weighted by molar-refractivity contribution is -0.150. The number of carbonyl (C=O) groups excluding carboxylic acids is 3. The van der Waals surface area contributed by atoms with E-state index in [-0.39, 0.29) is 34.7 Å². The van der Waals surface area contributed by atoms with Gasteiger partial charge in [0, 0.05) is 37.5 Å². The van der Waals surface area contributed by atoms with E-state index in [2.05, 4.69) is 13.8 Å². The maximum absolute atomic E-state index is 13.7. The Bertz CT molecular complexity index is 1010. The van der Waals surface area contributed by atoms with E-state index in [1.54, 1.807) is 0 Å². The smallest absolute Gasteiger partial charge is 0.317 e. The van der Waals surface area contributed by atoms with Gasteiger partial charge >= 0.3 is 17.9 Å². The SMILES string of the molecule is CCO[C@@H]1c2cc(C(C)C)c(OC(C)=O)c(OC(C)=O)c2[C@@]23CCCC(C)(C)[C@@H]2[C@@H]1OC3=O. The highest BCUT2D eigenvalue weighted by atomic mass is 16.6. The van der Waals surface area contributed by atoms with Gasteiger partial charge in [-0.15, -0.1) is 0 Å². The van der Waals surface area contributed by atoms with Gasteiger partial charge in [0.05, 0.1) is 0 Å². The average Bonchev–Trinajstić information content (AvgIpc) is 2.95. The highest BCUT2D eigenvalue weighted by Crippen LogP contribution is 2.67. The van der Waals surface area contributed by atoms with E-state index in [0.717, 1.165) is 24.0 Å². The van der Waals surface area contributed by atoms with E-state index in [1.165, 1.54) is 13.8 Å². The van der Waals surface area contributed by atoms with Gasteiger partial charge < -0.3 is 18.9 Å². The largest absolute Gasteiger partial charge is 0.458 e. The second-order valence-electron chi connectivity index (χ2n) is 10.5. The normalized spacial score (nSPS) is 29.2. The van der Waals surface area contributed by atoms with Crippen LogP contribution in [0.25, 0.3) is 0 Å². The van der Waals surface area contributed by atoms with Crippen LogP contribution in [-0.4, -0.2) is 30.6 Å². The minimum absolute atomic E-state index is 0.0338. The molecule has 4 atom stereocenters. The molecule has 2 aliphatic carbocycles. The summed E-state index contributed by atoms with van der Waals surface area (Å²) in [5, 5.41) is 0. The van der Waals surface area contributed by atoms with Crippen LogP contribution in [0.1, 0.15) is 96.4 Å². The first-order valence-electron chi connectivity index (χ1n) is 11.9. The van der Waals surface area contributed by atoms with Crippen LogP contribution in [0.5, 0.6) is 11.5 Å². The Hall–Kier alpha value is -2.41. The Labute approximate surface area is 195 Å². The molecule has 2 bridgehead atoms. The Kier molecular flexibility index (Phi) is 5.84. The molecule has 0 aromatic heterocycles. The van der Waals surface area contributed by atoms with Gasteiger partial charge in [-0.25, -0.2) is 0 Å². The highest BCUT2D eigenvalue weighted by molar-refractivity contribution is 5.91. The third-order valence-electron chi connectivity index (χ3n) is 7.51. The Morgan fingerprint density at radius 3 is 2.33 bits per heavy atom. The molecule has 7 nitrogen and oxygen atoms in total. The molecule has 7 heteroatoms. The number of ether oxygens (including phenoxy) is 4. The van der Waals surface area contributed by atoms with Gasteiger partial charge in [-0.2, -0.15) is 0 Å². The standard InChI is InChI=1S/C26H34O7/c1-8-30-19-17-12-16(13(2)3)20(31-14(4)27)21(32-15(5)28)18(17)26-11-9-10-25(6,7)23(26)22(19)33-24(26)29/h12-13,19,22-23H,8-11H2,1-7H3/t19-,22-,23+,26+/m1/s1. The first-order chi connectivity index (χ1) is 15.5. The van der Waals surface area contributed by atoms with Gasteiger partial charge in [-0.3, -0.25) is 14.4 Å². The first kappa shape index (κ1) is 23.7. The fourth-order valence-corrected chi connectivity index (χ4v) is 6.50. The summed E-state index contributed by atoms with van der Waals surface area (Å²) < 4.78 is 23.7. The Morgan fingerprint density at radius 2 is 1.76 bits per heavy atom. The van der Waals surface area contributed by atoms with E-state index in [4.69, 9.17) is 18.9 Å². The maximum atomic E-state index is 13.7. The molecule has 33 heavy (non-hydrogen) atoms. The summed E-state index contributed by atoms with van der Waals surface area (Å²) in [4.78, 5) is 38.1. The van der Waals surface area contributed by atoms with Gasteiger partial charge in [-0.05, 0) is 42.7 Å². The van der Waals surface area contributed by atoms with E-state index in [9.17, 15) is 14.4 Å². The molecule has 2 fully saturated rings. The summed E-state index contributed by atoms with van der Waals surface area (Å²) in [7, 11) is 0. The molecule has 0 radical (unpaired) electrons. The average molecular weight is 459 g/mol. The van der Waals surface area contributed by atoms with Crippen LogP contribution in [0.4, 0.5) is 0 Å². The molecule has 4 rings (SSSR count). The van der Waals surface area contributed by atoms with Crippen LogP contribution in [0.2, 0.25) is 0 Å². The zero-order chi connectivity index (χ0) is 24.3. The zero-order valence-corrected chi connectivity index (χ0v) is 20.6. The molecular formula is C26H34O7. The van der Waals surface area contributed by atoms with Crippen molar-refractivity contribution in [2.75, 3.05) is 6.61 Å². The molecule has 1 heterocycles. The van der Waals surface area contributed by atoms with Crippen molar-refractivity contribution in [1.82, 2.24) is 0 Å². The van der Waals surface area contributed by atoms with Gasteiger partial charge in [0.1, 0.15) is 17.6 Å². The fraction of sp³-hybridized carbons (Fsp3) is 0.654. The number of carbonyl (C=O) groups is 3. The lowest BCUT2D eigenvalue weighted by Crippen LogP contribution is -2.54. The molecule has 0 unspecified atom stereocenters. The summed E-state index contributed by atoms with van der Waals surface area (Å²) in [6, 6.07) is 1.96. The summed E-state index contributed by atoms with van der Waals surface area (Å²) in [6.07, 6.45) is 1.44. The number of rotatable bonds is 5.